The summed E-state index contributed by atoms with van der Waals surface area (Å²) in [5.74, 6) is 0. The van der Waals surface area contributed by atoms with Gasteiger partial charge in [0, 0.05) is 20.4 Å². The lowest BCUT2D eigenvalue weighted by molar-refractivity contribution is -0.370. The highest BCUT2D eigenvalue weighted by Crippen LogP contribution is 2.33. The Balaban J connectivity index is 1.72. The Hall–Kier alpha value is 1.67. The fourth-order valence-electron chi connectivity index (χ4n) is 4.17. The van der Waals surface area contributed by atoms with Gasteiger partial charge in [-0.05, 0) is 0 Å². The lowest BCUT2D eigenvalue weighted by Crippen LogP contribution is -2.66. The van der Waals surface area contributed by atoms with Gasteiger partial charge in [-0.3, -0.25) is 0 Å². The highest BCUT2D eigenvalue weighted by molar-refractivity contribution is 14.1. The molecular weight excluding hydrogens is 817 g/mol. The van der Waals surface area contributed by atoms with Crippen molar-refractivity contribution in [1.29, 1.82) is 0 Å². The molecule has 0 unspecified atom stereocenters. The van der Waals surface area contributed by atoms with Crippen LogP contribution < -0.4 is 0 Å². The molecule has 3 aliphatic heterocycles. The van der Waals surface area contributed by atoms with Crippen LogP contribution in [0.4, 0.5) is 0 Å². The standard InChI is InChI=1S/C19H31I3O13/c1-30-17-13(28)10(25)15(6(3-21)32-17)35-19-14(29)11(26)16(7(4-22)33-19)34-18-12(27)9(24)8(23)5(2-20)31-18/h5-19,23-29H,2-4H2,1H3/t5-,6-,7-,8-,9+,10-,11-,12-,13-,14-,15-,16-,17-,18+,19+/m1/s1. The number of alkyl halides is 3. The van der Waals surface area contributed by atoms with Crippen LogP contribution in [0.2, 0.25) is 0 Å². The maximum atomic E-state index is 10.9. The van der Waals surface area contributed by atoms with Gasteiger partial charge in [0.05, 0.1) is 18.3 Å². The molecule has 3 heterocycles. The number of ether oxygens (including phenoxy) is 6. The van der Waals surface area contributed by atoms with Gasteiger partial charge in [0.15, 0.2) is 18.9 Å². The van der Waals surface area contributed by atoms with Crippen LogP contribution in [0.3, 0.4) is 0 Å². The van der Waals surface area contributed by atoms with Crippen molar-refractivity contribution in [3.8, 4) is 0 Å². The van der Waals surface area contributed by atoms with Crippen LogP contribution in [0.15, 0.2) is 0 Å². The maximum Gasteiger partial charge on any atom is 0.187 e. The minimum absolute atomic E-state index is 0.267. The molecule has 0 amide bonds. The molecule has 0 bridgehead atoms. The van der Waals surface area contributed by atoms with Crippen LogP contribution in [0, 0.1) is 0 Å². The third-order valence-electron chi connectivity index (χ3n) is 6.22. The Bertz CT molecular complexity index is 661. The van der Waals surface area contributed by atoms with Crippen LogP contribution in [-0.2, 0) is 28.4 Å². The normalized spacial score (nSPS) is 51.3. The summed E-state index contributed by atoms with van der Waals surface area (Å²) in [7, 11) is 1.33. The monoisotopic (exact) mass is 848 g/mol. The summed E-state index contributed by atoms with van der Waals surface area (Å²) in [6.45, 7) is 0. The lowest BCUT2D eigenvalue weighted by Gasteiger charge is -2.48. The zero-order valence-electron chi connectivity index (χ0n) is 18.5. The number of halogens is 3. The van der Waals surface area contributed by atoms with Gasteiger partial charge in [-0.1, -0.05) is 67.8 Å². The van der Waals surface area contributed by atoms with Crippen LogP contribution in [0.5, 0.6) is 0 Å². The number of rotatable bonds is 8. The molecule has 3 aliphatic rings. The molecule has 35 heavy (non-hydrogen) atoms. The molecule has 0 aromatic rings. The van der Waals surface area contributed by atoms with Crippen molar-refractivity contribution in [3.05, 3.63) is 0 Å². The zero-order chi connectivity index (χ0) is 26.0. The molecule has 15 atom stereocenters. The average molecular weight is 848 g/mol. The molecule has 16 heteroatoms. The van der Waals surface area contributed by atoms with Crippen LogP contribution in [-0.4, -0.2) is 148 Å². The number of aliphatic hydroxyl groups is 7. The van der Waals surface area contributed by atoms with Crippen molar-refractivity contribution < 1.29 is 64.2 Å². The third kappa shape index (κ3) is 6.70. The van der Waals surface area contributed by atoms with E-state index in [1.54, 1.807) is 0 Å². The molecule has 0 radical (unpaired) electrons. The predicted molar refractivity (Wildman–Crippen MR) is 141 cm³/mol. The Morgan fingerprint density at radius 3 is 1.31 bits per heavy atom. The average Bonchev–Trinajstić information content (AvgIpc) is 2.86. The molecule has 0 spiro atoms. The third-order valence-corrected chi connectivity index (χ3v) is 8.83. The Labute approximate surface area is 242 Å². The predicted octanol–water partition coefficient (Wildman–Crippen LogP) is -2.59. The van der Waals surface area contributed by atoms with Crippen molar-refractivity contribution in [2.45, 2.75) is 92.1 Å². The fraction of sp³-hybridized carbons (Fsp3) is 1.00. The molecule has 0 aromatic carbocycles. The first-order valence-electron chi connectivity index (χ1n) is 10.8. The number of aliphatic hydroxyl groups excluding tert-OH is 7. The molecule has 0 saturated carbocycles. The van der Waals surface area contributed by atoms with Gasteiger partial charge in [0.2, 0.25) is 0 Å². The van der Waals surface area contributed by atoms with Crippen LogP contribution >= 0.6 is 67.8 Å². The van der Waals surface area contributed by atoms with Gasteiger partial charge >= 0.3 is 0 Å². The molecule has 0 aromatic heterocycles. The van der Waals surface area contributed by atoms with E-state index in [9.17, 15) is 35.7 Å². The largest absolute Gasteiger partial charge is 0.388 e. The summed E-state index contributed by atoms with van der Waals surface area (Å²) in [6, 6.07) is 0. The van der Waals surface area contributed by atoms with Gasteiger partial charge in [-0.2, -0.15) is 0 Å². The van der Waals surface area contributed by atoms with Crippen molar-refractivity contribution in [3.63, 3.8) is 0 Å². The van der Waals surface area contributed by atoms with E-state index in [0.717, 1.165) is 0 Å². The molecule has 3 saturated heterocycles. The highest BCUT2D eigenvalue weighted by atomic mass is 127. The van der Waals surface area contributed by atoms with E-state index in [4.69, 9.17) is 28.4 Å². The first-order valence-corrected chi connectivity index (χ1v) is 15.4. The molecule has 3 rings (SSSR count). The van der Waals surface area contributed by atoms with Gasteiger partial charge in [-0.15, -0.1) is 0 Å². The van der Waals surface area contributed by atoms with Gasteiger partial charge < -0.3 is 64.2 Å². The minimum atomic E-state index is -1.64. The molecule has 206 valence electrons. The zero-order valence-corrected chi connectivity index (χ0v) is 25.0. The first-order chi connectivity index (χ1) is 16.6. The fourth-order valence-corrected chi connectivity index (χ4v) is 6.32. The molecule has 3 fully saturated rings. The van der Waals surface area contributed by atoms with Crippen LogP contribution in [0.1, 0.15) is 0 Å². The van der Waals surface area contributed by atoms with Gasteiger partial charge in [0.25, 0.3) is 0 Å². The second-order valence-electron chi connectivity index (χ2n) is 8.46. The Kier molecular flexibility index (Phi) is 12.3. The molecule has 7 N–H and O–H groups in total. The summed E-state index contributed by atoms with van der Waals surface area (Å²) >= 11 is 5.96. The smallest absolute Gasteiger partial charge is 0.187 e. The first kappa shape index (κ1) is 31.2. The number of methoxy groups -OCH3 is 1. The van der Waals surface area contributed by atoms with Crippen molar-refractivity contribution in [1.82, 2.24) is 0 Å². The Morgan fingerprint density at radius 1 is 0.514 bits per heavy atom. The summed E-state index contributed by atoms with van der Waals surface area (Å²) in [5.41, 5.74) is 0. The highest BCUT2D eigenvalue weighted by Gasteiger charge is 2.53. The lowest BCUT2D eigenvalue weighted by atomic mass is 9.96. The van der Waals surface area contributed by atoms with E-state index in [1.165, 1.54) is 7.11 Å². The SMILES string of the molecule is CO[C@@H]1O[C@H](CI)[C@@H](O[C@@H]2O[C@H](CI)[C@@H](O[C@@H]3O[C@H](CI)[C@@H](O)[C@H](O)[C@H]3O)[C@H](O)[C@H]2O)[C@H](O)[C@H]1O. The summed E-state index contributed by atoms with van der Waals surface area (Å²) < 4.78 is 34.6. The topological polar surface area (TPSA) is 197 Å². The Morgan fingerprint density at radius 2 is 0.886 bits per heavy atom. The van der Waals surface area contributed by atoms with E-state index in [2.05, 4.69) is 0 Å². The van der Waals surface area contributed by atoms with E-state index >= 15 is 0 Å². The summed E-state index contributed by atoms with van der Waals surface area (Å²) in [6.07, 6.45) is -19.0. The summed E-state index contributed by atoms with van der Waals surface area (Å²) in [5, 5.41) is 73.0. The van der Waals surface area contributed by atoms with Crippen LogP contribution in [0.25, 0.3) is 0 Å². The number of hydrogen-bond acceptors (Lipinski definition) is 13. The second-order valence-corrected chi connectivity index (χ2v) is 11.1. The number of hydrogen-bond donors (Lipinski definition) is 7. The summed E-state index contributed by atoms with van der Waals surface area (Å²) in [4.78, 5) is 0. The minimum Gasteiger partial charge on any atom is -0.388 e. The quantitative estimate of drug-likeness (QED) is 0.0995. The van der Waals surface area contributed by atoms with E-state index < -0.39 is 92.1 Å². The van der Waals surface area contributed by atoms with Crippen molar-refractivity contribution in [2.75, 3.05) is 20.4 Å². The van der Waals surface area contributed by atoms with Crippen molar-refractivity contribution >= 4 is 67.8 Å². The van der Waals surface area contributed by atoms with E-state index in [1.807, 2.05) is 67.8 Å². The van der Waals surface area contributed by atoms with E-state index in [-0.39, 0.29) is 4.43 Å². The molecular formula is C19H31I3O13. The van der Waals surface area contributed by atoms with E-state index in [0.29, 0.717) is 8.86 Å². The second kappa shape index (κ2) is 13.8. The molecule has 0 aliphatic carbocycles. The van der Waals surface area contributed by atoms with Crippen molar-refractivity contribution in [2.24, 2.45) is 0 Å². The van der Waals surface area contributed by atoms with Gasteiger partial charge in [0.1, 0.15) is 54.9 Å². The molecule has 13 nitrogen and oxygen atoms in total. The maximum absolute atomic E-state index is 10.9. The van der Waals surface area contributed by atoms with Gasteiger partial charge in [-0.25, -0.2) is 0 Å².